The number of hydrogen-bond acceptors (Lipinski definition) is 1. The van der Waals surface area contributed by atoms with Gasteiger partial charge in [-0.15, -0.1) is 0 Å². The Morgan fingerprint density at radius 3 is 2.25 bits per heavy atom. The van der Waals surface area contributed by atoms with Gasteiger partial charge in [0.25, 0.3) is 0 Å². The number of carbonyl (C=O) groups excluding carboxylic acids is 1. The third-order valence-electron chi connectivity index (χ3n) is 3.52. The fraction of sp³-hybridized carbons (Fsp3) is 0.211. The molecule has 2 aromatic carbocycles. The lowest BCUT2D eigenvalue weighted by Crippen LogP contribution is -2.14. The first-order chi connectivity index (χ1) is 11.3. The van der Waals surface area contributed by atoms with Crippen LogP contribution < -0.4 is 5.32 Å². The Hall–Kier alpha value is -2.56. The first kappa shape index (κ1) is 17.8. The number of alkyl halides is 3. The fourth-order valence-electron chi connectivity index (χ4n) is 2.18. The van der Waals surface area contributed by atoms with Crippen molar-refractivity contribution < 1.29 is 18.0 Å². The molecule has 2 rings (SSSR count). The summed E-state index contributed by atoms with van der Waals surface area (Å²) in [6, 6.07) is 12.5. The number of halogens is 3. The maximum absolute atomic E-state index is 12.9. The zero-order valence-electron chi connectivity index (χ0n) is 13.4. The molecule has 2 nitrogen and oxygen atoms in total. The van der Waals surface area contributed by atoms with Gasteiger partial charge in [-0.05, 0) is 35.3 Å². The van der Waals surface area contributed by atoms with Crippen molar-refractivity contribution in [2.75, 3.05) is 5.32 Å². The van der Waals surface area contributed by atoms with Crippen molar-refractivity contribution in [1.29, 1.82) is 0 Å². The van der Waals surface area contributed by atoms with Crippen LogP contribution in [0.25, 0.3) is 6.08 Å². The fourth-order valence-corrected chi connectivity index (χ4v) is 2.18. The molecule has 0 aliphatic rings. The second-order valence-corrected chi connectivity index (χ2v) is 5.69. The van der Waals surface area contributed by atoms with E-state index in [2.05, 4.69) is 19.2 Å². The molecule has 1 N–H and O–H groups in total. The second kappa shape index (κ2) is 7.34. The number of hydrogen-bond donors (Lipinski definition) is 1. The van der Waals surface area contributed by atoms with E-state index in [1.54, 1.807) is 6.08 Å². The highest BCUT2D eigenvalue weighted by Gasteiger charge is 2.33. The van der Waals surface area contributed by atoms with E-state index in [0.717, 1.165) is 11.6 Å². The zero-order chi connectivity index (χ0) is 17.7. The Bertz CT molecular complexity index is 731. The summed E-state index contributed by atoms with van der Waals surface area (Å²) in [4.78, 5) is 11.9. The molecule has 0 aliphatic carbocycles. The molecule has 2 aromatic rings. The number of carbonyl (C=O) groups is 1. The molecule has 0 atom stereocenters. The molecule has 0 heterocycles. The van der Waals surface area contributed by atoms with E-state index in [9.17, 15) is 18.0 Å². The Balaban J connectivity index is 2.08. The molecule has 0 saturated carbocycles. The highest BCUT2D eigenvalue weighted by Crippen LogP contribution is 2.34. The van der Waals surface area contributed by atoms with Crippen molar-refractivity contribution in [3.8, 4) is 0 Å². The third kappa shape index (κ3) is 4.72. The van der Waals surface area contributed by atoms with Crippen LogP contribution in [0.4, 0.5) is 18.9 Å². The average Bonchev–Trinajstić information content (AvgIpc) is 2.53. The first-order valence-electron chi connectivity index (χ1n) is 7.52. The standard InChI is InChI=1S/C19H18F3NO/c1-13(2)15-10-7-14(8-11-15)9-12-18(24)23-17-6-4-3-5-16(17)19(20,21)22/h3-13H,1-2H3,(H,23,24)/b12-9+. The lowest BCUT2D eigenvalue weighted by Gasteiger charge is -2.12. The molecular weight excluding hydrogens is 315 g/mol. The number of nitrogens with one attached hydrogen (secondary N) is 1. The molecule has 0 bridgehead atoms. The maximum atomic E-state index is 12.9. The highest BCUT2D eigenvalue weighted by molar-refractivity contribution is 6.02. The second-order valence-electron chi connectivity index (χ2n) is 5.69. The summed E-state index contributed by atoms with van der Waals surface area (Å²) in [5, 5.41) is 2.27. The maximum Gasteiger partial charge on any atom is 0.418 e. The summed E-state index contributed by atoms with van der Waals surface area (Å²) < 4.78 is 38.6. The van der Waals surface area contributed by atoms with Crippen LogP contribution in [0.3, 0.4) is 0 Å². The van der Waals surface area contributed by atoms with Crippen molar-refractivity contribution in [3.05, 3.63) is 71.3 Å². The number of para-hydroxylation sites is 1. The lowest BCUT2D eigenvalue weighted by atomic mass is 10.0. The Kier molecular flexibility index (Phi) is 5.44. The van der Waals surface area contributed by atoms with Crippen LogP contribution in [0.15, 0.2) is 54.6 Å². The van der Waals surface area contributed by atoms with Gasteiger partial charge in [-0.3, -0.25) is 4.79 Å². The Morgan fingerprint density at radius 1 is 1.04 bits per heavy atom. The molecule has 0 aromatic heterocycles. The number of rotatable bonds is 4. The van der Waals surface area contributed by atoms with Gasteiger partial charge in [-0.25, -0.2) is 0 Å². The summed E-state index contributed by atoms with van der Waals surface area (Å²) >= 11 is 0. The van der Waals surface area contributed by atoms with E-state index in [1.165, 1.54) is 29.8 Å². The van der Waals surface area contributed by atoms with Crippen LogP contribution in [0, 0.1) is 0 Å². The minimum absolute atomic E-state index is 0.255. The van der Waals surface area contributed by atoms with Crippen LogP contribution in [0.2, 0.25) is 0 Å². The summed E-state index contributed by atoms with van der Waals surface area (Å²) in [7, 11) is 0. The van der Waals surface area contributed by atoms with Gasteiger partial charge in [0.15, 0.2) is 0 Å². The summed E-state index contributed by atoms with van der Waals surface area (Å²) in [5.41, 5.74) is 0.859. The van der Waals surface area contributed by atoms with E-state index >= 15 is 0 Å². The number of benzene rings is 2. The molecule has 0 unspecified atom stereocenters. The van der Waals surface area contributed by atoms with E-state index in [4.69, 9.17) is 0 Å². The summed E-state index contributed by atoms with van der Waals surface area (Å²) in [5.74, 6) is -0.204. The van der Waals surface area contributed by atoms with E-state index < -0.39 is 17.6 Å². The van der Waals surface area contributed by atoms with Gasteiger partial charge >= 0.3 is 6.18 Å². The van der Waals surface area contributed by atoms with Crippen molar-refractivity contribution in [2.24, 2.45) is 0 Å². The van der Waals surface area contributed by atoms with Crippen LogP contribution in [0.5, 0.6) is 0 Å². The summed E-state index contributed by atoms with van der Waals surface area (Å²) in [6.45, 7) is 4.16. The van der Waals surface area contributed by atoms with Gasteiger partial charge < -0.3 is 5.32 Å². The van der Waals surface area contributed by atoms with Crippen LogP contribution in [0.1, 0.15) is 36.5 Å². The van der Waals surface area contributed by atoms with Crippen molar-refractivity contribution in [2.45, 2.75) is 25.9 Å². The quantitative estimate of drug-likeness (QED) is 0.738. The van der Waals surface area contributed by atoms with E-state index in [1.807, 2.05) is 24.3 Å². The number of amides is 1. The van der Waals surface area contributed by atoms with Gasteiger partial charge in [0, 0.05) is 6.08 Å². The molecular formula is C19H18F3NO. The van der Waals surface area contributed by atoms with Crippen LogP contribution in [-0.4, -0.2) is 5.91 Å². The highest BCUT2D eigenvalue weighted by atomic mass is 19.4. The molecule has 126 valence electrons. The van der Waals surface area contributed by atoms with Gasteiger partial charge in [-0.2, -0.15) is 13.2 Å². The molecule has 0 spiro atoms. The topological polar surface area (TPSA) is 29.1 Å². The largest absolute Gasteiger partial charge is 0.418 e. The van der Waals surface area contributed by atoms with Crippen LogP contribution in [-0.2, 0) is 11.0 Å². The monoisotopic (exact) mass is 333 g/mol. The molecule has 24 heavy (non-hydrogen) atoms. The van der Waals surface area contributed by atoms with Crippen molar-refractivity contribution in [3.63, 3.8) is 0 Å². The molecule has 0 fully saturated rings. The van der Waals surface area contributed by atoms with Crippen molar-refractivity contribution in [1.82, 2.24) is 0 Å². The van der Waals surface area contributed by atoms with Gasteiger partial charge in [-0.1, -0.05) is 50.2 Å². The minimum atomic E-state index is -4.51. The third-order valence-corrected chi connectivity index (χ3v) is 3.52. The van der Waals surface area contributed by atoms with Gasteiger partial charge in [0.05, 0.1) is 11.3 Å². The predicted molar refractivity (Wildman–Crippen MR) is 89.6 cm³/mol. The molecule has 5 heteroatoms. The normalized spacial score (nSPS) is 11.9. The molecule has 0 aliphatic heterocycles. The van der Waals surface area contributed by atoms with E-state index in [-0.39, 0.29) is 5.69 Å². The SMILES string of the molecule is CC(C)c1ccc(/C=C/C(=O)Nc2ccccc2C(F)(F)F)cc1. The summed E-state index contributed by atoms with van der Waals surface area (Å²) in [6.07, 6.45) is -1.73. The molecule has 1 amide bonds. The molecule has 0 saturated heterocycles. The Morgan fingerprint density at radius 2 is 1.67 bits per heavy atom. The average molecular weight is 333 g/mol. The minimum Gasteiger partial charge on any atom is -0.322 e. The first-order valence-corrected chi connectivity index (χ1v) is 7.52. The lowest BCUT2D eigenvalue weighted by molar-refractivity contribution is -0.136. The smallest absolute Gasteiger partial charge is 0.322 e. The van der Waals surface area contributed by atoms with Gasteiger partial charge in [0.2, 0.25) is 5.91 Å². The Labute approximate surface area is 139 Å². The van der Waals surface area contributed by atoms with Gasteiger partial charge in [0.1, 0.15) is 0 Å². The number of anilines is 1. The van der Waals surface area contributed by atoms with Crippen LogP contribution >= 0.6 is 0 Å². The molecule has 0 radical (unpaired) electrons. The van der Waals surface area contributed by atoms with Crippen molar-refractivity contribution >= 4 is 17.7 Å². The van der Waals surface area contributed by atoms with E-state index in [0.29, 0.717) is 5.92 Å². The predicted octanol–water partition coefficient (Wildman–Crippen LogP) is 5.48. The zero-order valence-corrected chi connectivity index (χ0v) is 13.4.